The van der Waals surface area contributed by atoms with Crippen molar-refractivity contribution in [1.29, 1.82) is 0 Å². The average molecular weight is 521 g/mol. The lowest BCUT2D eigenvalue weighted by Crippen LogP contribution is -2.11. The summed E-state index contributed by atoms with van der Waals surface area (Å²) in [6.45, 7) is 4.95. The molecule has 204 valence electrons. The highest BCUT2D eigenvalue weighted by Crippen LogP contribution is 2.23. The first-order valence-corrected chi connectivity index (χ1v) is 14.2. The average Bonchev–Trinajstić information content (AvgIpc) is 2.93. The Bertz CT molecular complexity index is 1100. The molecule has 0 saturated heterocycles. The molecule has 2 aromatic carbocycles. The smallest absolute Gasteiger partial charge is 0.346 e. The number of benzene rings is 2. The quantitative estimate of drug-likeness (QED) is 0.101. The molecular formula is C32H41FN2O3. The van der Waals surface area contributed by atoms with Crippen molar-refractivity contribution in [2.45, 2.75) is 90.9 Å². The van der Waals surface area contributed by atoms with Gasteiger partial charge >= 0.3 is 5.97 Å². The number of aryl methyl sites for hydroxylation is 1. The van der Waals surface area contributed by atoms with Gasteiger partial charge in [-0.3, -0.25) is 0 Å². The number of ether oxygens (including phenoxy) is 2. The van der Waals surface area contributed by atoms with Crippen molar-refractivity contribution in [3.63, 3.8) is 0 Å². The monoisotopic (exact) mass is 520 g/mol. The van der Waals surface area contributed by atoms with Crippen molar-refractivity contribution in [2.75, 3.05) is 6.61 Å². The van der Waals surface area contributed by atoms with Crippen LogP contribution in [0.1, 0.15) is 100 Å². The zero-order valence-electron chi connectivity index (χ0n) is 22.9. The molecule has 0 N–H and O–H groups in total. The zero-order chi connectivity index (χ0) is 27.0. The maximum absolute atomic E-state index is 14.6. The molecule has 0 aliphatic heterocycles. The highest BCUT2D eigenvalue weighted by Gasteiger charge is 2.15. The van der Waals surface area contributed by atoms with Crippen LogP contribution in [0, 0.1) is 5.82 Å². The normalized spacial score (nSPS) is 10.9. The fourth-order valence-corrected chi connectivity index (χ4v) is 4.22. The third kappa shape index (κ3) is 9.88. The van der Waals surface area contributed by atoms with Gasteiger partial charge < -0.3 is 9.47 Å². The van der Waals surface area contributed by atoms with Gasteiger partial charge in [-0.05, 0) is 61.2 Å². The van der Waals surface area contributed by atoms with Gasteiger partial charge in [0, 0.05) is 24.0 Å². The third-order valence-corrected chi connectivity index (χ3v) is 6.52. The second-order valence-electron chi connectivity index (χ2n) is 9.75. The Labute approximate surface area is 226 Å². The Morgan fingerprint density at radius 3 is 2.03 bits per heavy atom. The highest BCUT2D eigenvalue weighted by atomic mass is 19.1. The summed E-state index contributed by atoms with van der Waals surface area (Å²) in [5, 5.41) is 0. The van der Waals surface area contributed by atoms with E-state index in [4.69, 9.17) is 9.47 Å². The van der Waals surface area contributed by atoms with Crippen molar-refractivity contribution >= 4 is 5.97 Å². The van der Waals surface area contributed by atoms with E-state index in [2.05, 4.69) is 23.8 Å². The minimum Gasteiger partial charge on any atom is -0.493 e. The van der Waals surface area contributed by atoms with Gasteiger partial charge in [-0.2, -0.15) is 0 Å². The van der Waals surface area contributed by atoms with Crippen molar-refractivity contribution < 1.29 is 18.7 Å². The number of carbonyl (C=O) groups excluding carboxylic acids is 1. The van der Waals surface area contributed by atoms with Gasteiger partial charge in [-0.1, -0.05) is 71.6 Å². The SMILES string of the molecule is CCCCCCCCCOc1ccc(C(=O)Oc2ccc(-c3ncc(CCCCCC)cn3)cc2)c(F)c1. The lowest BCUT2D eigenvalue weighted by atomic mass is 10.1. The van der Waals surface area contributed by atoms with Crippen LogP contribution in [0.4, 0.5) is 4.39 Å². The number of rotatable bonds is 17. The lowest BCUT2D eigenvalue weighted by molar-refractivity contribution is 0.0730. The van der Waals surface area contributed by atoms with E-state index in [1.807, 2.05) is 12.4 Å². The van der Waals surface area contributed by atoms with E-state index in [0.717, 1.165) is 36.8 Å². The van der Waals surface area contributed by atoms with Crippen LogP contribution in [0.2, 0.25) is 0 Å². The standard InChI is InChI=1S/C32H41FN2O3/c1-3-5-7-9-10-11-13-21-37-28-19-20-29(30(33)22-28)32(36)38-27-17-15-26(16-18-27)31-34-23-25(24-35-31)14-12-8-6-4-2/h15-20,22-24H,3-14,21H2,1-2H3. The predicted octanol–water partition coefficient (Wildman–Crippen LogP) is 8.75. The van der Waals surface area contributed by atoms with Crippen LogP contribution in [-0.2, 0) is 6.42 Å². The first kappa shape index (κ1) is 29.3. The summed E-state index contributed by atoms with van der Waals surface area (Å²) in [7, 11) is 0. The zero-order valence-corrected chi connectivity index (χ0v) is 22.9. The lowest BCUT2D eigenvalue weighted by Gasteiger charge is -2.09. The molecule has 5 nitrogen and oxygen atoms in total. The molecule has 0 saturated carbocycles. The van der Waals surface area contributed by atoms with E-state index >= 15 is 0 Å². The fraction of sp³-hybridized carbons (Fsp3) is 0.469. The molecule has 1 aromatic heterocycles. The molecule has 38 heavy (non-hydrogen) atoms. The van der Waals surface area contributed by atoms with Crippen molar-refractivity contribution in [3.8, 4) is 22.9 Å². The number of carbonyl (C=O) groups is 1. The summed E-state index contributed by atoms with van der Waals surface area (Å²) in [6, 6.07) is 11.1. The molecule has 0 amide bonds. The Hall–Kier alpha value is -3.28. The molecular weight excluding hydrogens is 479 g/mol. The van der Waals surface area contributed by atoms with E-state index in [1.165, 1.54) is 63.5 Å². The molecule has 0 aliphatic carbocycles. The molecule has 6 heteroatoms. The molecule has 3 aromatic rings. The summed E-state index contributed by atoms with van der Waals surface area (Å²) >= 11 is 0. The molecule has 0 unspecified atom stereocenters. The minimum atomic E-state index is -0.752. The molecule has 1 heterocycles. The van der Waals surface area contributed by atoms with Crippen molar-refractivity contribution in [3.05, 3.63) is 71.8 Å². The van der Waals surface area contributed by atoms with Crippen LogP contribution in [0.15, 0.2) is 54.9 Å². The minimum absolute atomic E-state index is 0.129. The molecule has 0 fully saturated rings. The number of unbranched alkanes of at least 4 members (excludes halogenated alkanes) is 9. The van der Waals surface area contributed by atoms with Crippen LogP contribution in [-0.4, -0.2) is 22.5 Å². The molecule has 0 bridgehead atoms. The second-order valence-corrected chi connectivity index (χ2v) is 9.75. The Morgan fingerprint density at radius 2 is 1.37 bits per heavy atom. The summed E-state index contributed by atoms with van der Waals surface area (Å²) in [6.07, 6.45) is 17.9. The van der Waals surface area contributed by atoms with Gasteiger partial charge in [-0.25, -0.2) is 19.2 Å². The van der Waals surface area contributed by atoms with Gasteiger partial charge in [0.25, 0.3) is 0 Å². The summed E-state index contributed by atoms with van der Waals surface area (Å²) in [5.74, 6) is -0.0611. The van der Waals surface area contributed by atoms with Crippen molar-refractivity contribution in [1.82, 2.24) is 9.97 Å². The fourth-order valence-electron chi connectivity index (χ4n) is 4.22. The highest BCUT2D eigenvalue weighted by molar-refractivity contribution is 5.91. The Kier molecular flexibility index (Phi) is 12.7. The number of aromatic nitrogens is 2. The molecule has 0 aliphatic rings. The van der Waals surface area contributed by atoms with Gasteiger partial charge in [0.15, 0.2) is 5.82 Å². The first-order valence-electron chi connectivity index (χ1n) is 14.2. The molecule has 0 radical (unpaired) electrons. The van der Waals surface area contributed by atoms with Crippen LogP contribution in [0.3, 0.4) is 0 Å². The molecule has 3 rings (SSSR count). The predicted molar refractivity (Wildman–Crippen MR) is 150 cm³/mol. The third-order valence-electron chi connectivity index (χ3n) is 6.52. The maximum Gasteiger partial charge on any atom is 0.346 e. The van der Waals surface area contributed by atoms with Crippen LogP contribution in [0.25, 0.3) is 11.4 Å². The van der Waals surface area contributed by atoms with Gasteiger partial charge in [0.1, 0.15) is 17.3 Å². The van der Waals surface area contributed by atoms with Gasteiger partial charge in [0.05, 0.1) is 12.2 Å². The number of hydrogen-bond acceptors (Lipinski definition) is 5. The maximum atomic E-state index is 14.6. The summed E-state index contributed by atoms with van der Waals surface area (Å²) < 4.78 is 25.6. The second kappa shape index (κ2) is 16.5. The topological polar surface area (TPSA) is 61.3 Å². The van der Waals surface area contributed by atoms with Crippen LogP contribution in [0.5, 0.6) is 11.5 Å². The van der Waals surface area contributed by atoms with Gasteiger partial charge in [0.2, 0.25) is 0 Å². The van der Waals surface area contributed by atoms with E-state index in [0.29, 0.717) is 23.9 Å². The number of nitrogens with zero attached hydrogens (tertiary/aromatic N) is 2. The van der Waals surface area contributed by atoms with E-state index in [9.17, 15) is 9.18 Å². The number of hydrogen-bond donors (Lipinski definition) is 0. The number of esters is 1. The Morgan fingerprint density at radius 1 is 0.763 bits per heavy atom. The van der Waals surface area contributed by atoms with Crippen molar-refractivity contribution in [2.24, 2.45) is 0 Å². The van der Waals surface area contributed by atoms with E-state index in [1.54, 1.807) is 30.3 Å². The largest absolute Gasteiger partial charge is 0.493 e. The van der Waals surface area contributed by atoms with E-state index < -0.39 is 11.8 Å². The number of halogens is 1. The summed E-state index contributed by atoms with van der Waals surface area (Å²) in [5.41, 5.74) is 1.82. The van der Waals surface area contributed by atoms with Crippen LogP contribution < -0.4 is 9.47 Å². The van der Waals surface area contributed by atoms with Gasteiger partial charge in [-0.15, -0.1) is 0 Å². The van der Waals surface area contributed by atoms with E-state index in [-0.39, 0.29) is 5.56 Å². The summed E-state index contributed by atoms with van der Waals surface area (Å²) in [4.78, 5) is 21.5. The molecule has 0 atom stereocenters. The first-order chi connectivity index (χ1) is 18.6. The Balaban J connectivity index is 1.46. The van der Waals surface area contributed by atoms with Crippen LogP contribution >= 0.6 is 0 Å². The molecule has 0 spiro atoms.